The molecule has 2 aliphatic rings. The Kier molecular flexibility index (Phi) is 4.45. The second-order valence-electron chi connectivity index (χ2n) is 7.28. The highest BCUT2D eigenvalue weighted by Gasteiger charge is 2.37. The van der Waals surface area contributed by atoms with Gasteiger partial charge in [0.1, 0.15) is 0 Å². The lowest BCUT2D eigenvalue weighted by molar-refractivity contribution is 0.111. The molecule has 0 spiro atoms. The molecule has 4 rings (SSSR count). The second kappa shape index (κ2) is 6.76. The molecular formula is C22H25NO3. The lowest BCUT2D eigenvalue weighted by Gasteiger charge is -2.37. The molecule has 3 atom stereocenters. The molecule has 1 aliphatic heterocycles. The van der Waals surface area contributed by atoms with E-state index in [4.69, 9.17) is 14.5 Å². The average Bonchev–Trinajstić information content (AvgIpc) is 2.67. The minimum atomic E-state index is -0.256. The Morgan fingerprint density at radius 2 is 1.69 bits per heavy atom. The lowest BCUT2D eigenvalue weighted by atomic mass is 9.74. The summed E-state index contributed by atoms with van der Waals surface area (Å²) in [4.78, 5) is 5.12. The highest BCUT2D eigenvalue weighted by Crippen LogP contribution is 2.44. The first-order valence-electron chi connectivity index (χ1n) is 9.20. The summed E-state index contributed by atoms with van der Waals surface area (Å²) in [7, 11) is 3.32. The summed E-state index contributed by atoms with van der Waals surface area (Å²) in [5.74, 6) is 1.67. The lowest BCUT2D eigenvalue weighted by Crippen LogP contribution is -2.34. The number of nitrogens with zero attached hydrogens (tertiary/aromatic N) is 1. The van der Waals surface area contributed by atoms with E-state index in [1.54, 1.807) is 14.2 Å². The van der Waals surface area contributed by atoms with Gasteiger partial charge < -0.3 is 14.6 Å². The normalized spacial score (nSPS) is 24.3. The fourth-order valence-electron chi connectivity index (χ4n) is 4.20. The van der Waals surface area contributed by atoms with Crippen LogP contribution in [0.2, 0.25) is 0 Å². The van der Waals surface area contributed by atoms with Crippen LogP contribution in [0.15, 0.2) is 41.4 Å². The molecule has 0 aromatic heterocycles. The highest BCUT2D eigenvalue weighted by molar-refractivity contribution is 6.15. The summed E-state index contributed by atoms with van der Waals surface area (Å²) in [5.41, 5.74) is 5.66. The number of methoxy groups -OCH3 is 2. The van der Waals surface area contributed by atoms with Crippen molar-refractivity contribution in [1.29, 1.82) is 0 Å². The van der Waals surface area contributed by atoms with Crippen LogP contribution in [0.1, 0.15) is 47.4 Å². The summed E-state index contributed by atoms with van der Waals surface area (Å²) < 4.78 is 11.1. The van der Waals surface area contributed by atoms with Crippen molar-refractivity contribution in [3.63, 3.8) is 0 Å². The Labute approximate surface area is 154 Å². The van der Waals surface area contributed by atoms with Crippen LogP contribution in [0.3, 0.4) is 0 Å². The van der Waals surface area contributed by atoms with Gasteiger partial charge in [0, 0.05) is 17.0 Å². The van der Waals surface area contributed by atoms with Crippen LogP contribution in [0.25, 0.3) is 0 Å². The van der Waals surface area contributed by atoms with Gasteiger partial charge in [-0.15, -0.1) is 0 Å². The SMILES string of the molecule is COc1cc2c(cc1OC)C1CC(O)CCC1N=C2c1ccc(C)cc1. The predicted octanol–water partition coefficient (Wildman–Crippen LogP) is 3.86. The van der Waals surface area contributed by atoms with Crippen molar-refractivity contribution < 1.29 is 14.6 Å². The number of aliphatic hydroxyl groups is 1. The molecule has 0 amide bonds. The smallest absolute Gasteiger partial charge is 0.161 e. The number of hydrogen-bond acceptors (Lipinski definition) is 4. The topological polar surface area (TPSA) is 51.0 Å². The van der Waals surface area contributed by atoms with Crippen LogP contribution in [0.5, 0.6) is 11.5 Å². The number of aliphatic imine (C=N–C) groups is 1. The fraction of sp³-hybridized carbons (Fsp3) is 0.409. The maximum atomic E-state index is 10.2. The summed E-state index contributed by atoms with van der Waals surface area (Å²) in [6, 6.07) is 12.8. The monoisotopic (exact) mass is 351 g/mol. The van der Waals surface area contributed by atoms with Crippen LogP contribution in [-0.2, 0) is 0 Å². The van der Waals surface area contributed by atoms with Crippen LogP contribution in [0, 0.1) is 6.92 Å². The zero-order valence-corrected chi connectivity index (χ0v) is 15.5. The van der Waals surface area contributed by atoms with Gasteiger partial charge in [0.05, 0.1) is 32.1 Å². The Morgan fingerprint density at radius 1 is 1.00 bits per heavy atom. The van der Waals surface area contributed by atoms with E-state index in [2.05, 4.69) is 37.3 Å². The maximum Gasteiger partial charge on any atom is 0.161 e. The maximum absolute atomic E-state index is 10.2. The molecule has 26 heavy (non-hydrogen) atoms. The zero-order chi connectivity index (χ0) is 18.3. The van der Waals surface area contributed by atoms with Gasteiger partial charge in [-0.25, -0.2) is 0 Å². The van der Waals surface area contributed by atoms with Gasteiger partial charge in [-0.1, -0.05) is 29.8 Å². The Morgan fingerprint density at radius 3 is 2.38 bits per heavy atom. The quantitative estimate of drug-likeness (QED) is 0.913. The predicted molar refractivity (Wildman–Crippen MR) is 103 cm³/mol. The molecule has 2 aromatic rings. The molecule has 0 saturated heterocycles. The van der Waals surface area contributed by atoms with E-state index < -0.39 is 0 Å². The first kappa shape index (κ1) is 17.1. The number of fused-ring (bicyclic) bond motifs is 3. The number of aliphatic hydroxyl groups excluding tert-OH is 1. The van der Waals surface area contributed by atoms with Gasteiger partial charge in [0.25, 0.3) is 0 Å². The molecule has 1 saturated carbocycles. The molecule has 0 bridgehead atoms. The van der Waals surface area contributed by atoms with Crippen LogP contribution in [0.4, 0.5) is 0 Å². The van der Waals surface area contributed by atoms with Gasteiger partial charge in [-0.3, -0.25) is 4.99 Å². The van der Waals surface area contributed by atoms with E-state index in [9.17, 15) is 5.11 Å². The Balaban J connectivity index is 1.89. The summed E-state index contributed by atoms with van der Waals surface area (Å²) in [6.07, 6.45) is 2.22. The summed E-state index contributed by atoms with van der Waals surface area (Å²) in [6.45, 7) is 2.09. The molecule has 2 aromatic carbocycles. The molecule has 136 valence electrons. The number of ether oxygens (including phenoxy) is 2. The van der Waals surface area contributed by atoms with E-state index >= 15 is 0 Å². The molecule has 4 heteroatoms. The number of aryl methyl sites for hydroxylation is 1. The molecule has 4 nitrogen and oxygen atoms in total. The second-order valence-corrected chi connectivity index (χ2v) is 7.28. The first-order valence-corrected chi connectivity index (χ1v) is 9.20. The minimum absolute atomic E-state index is 0.209. The summed E-state index contributed by atoms with van der Waals surface area (Å²) in [5, 5.41) is 10.2. The van der Waals surface area contributed by atoms with Crippen molar-refractivity contribution in [1.82, 2.24) is 0 Å². The van der Waals surface area contributed by atoms with Gasteiger partial charge in [0.15, 0.2) is 11.5 Å². The highest BCUT2D eigenvalue weighted by atomic mass is 16.5. The van der Waals surface area contributed by atoms with Crippen LogP contribution in [-0.4, -0.2) is 37.2 Å². The van der Waals surface area contributed by atoms with Crippen molar-refractivity contribution in [3.8, 4) is 11.5 Å². The van der Waals surface area contributed by atoms with Crippen LogP contribution < -0.4 is 9.47 Å². The molecule has 0 radical (unpaired) electrons. The van der Waals surface area contributed by atoms with E-state index in [1.165, 1.54) is 11.1 Å². The fourth-order valence-corrected chi connectivity index (χ4v) is 4.20. The third-order valence-electron chi connectivity index (χ3n) is 5.62. The number of benzene rings is 2. The number of rotatable bonds is 3. The van der Waals surface area contributed by atoms with Gasteiger partial charge in [0.2, 0.25) is 0 Å². The molecule has 1 aliphatic carbocycles. The molecule has 1 fully saturated rings. The van der Waals surface area contributed by atoms with E-state index in [0.29, 0.717) is 5.75 Å². The number of hydrogen-bond donors (Lipinski definition) is 1. The third kappa shape index (κ3) is 2.88. The summed E-state index contributed by atoms with van der Waals surface area (Å²) >= 11 is 0. The van der Waals surface area contributed by atoms with Gasteiger partial charge in [-0.05, 0) is 43.9 Å². The minimum Gasteiger partial charge on any atom is -0.493 e. The van der Waals surface area contributed by atoms with Crippen molar-refractivity contribution >= 4 is 5.71 Å². The first-order chi connectivity index (χ1) is 12.6. The van der Waals surface area contributed by atoms with Crippen LogP contribution >= 0.6 is 0 Å². The van der Waals surface area contributed by atoms with Gasteiger partial charge >= 0.3 is 0 Å². The van der Waals surface area contributed by atoms with E-state index in [1.807, 2.05) is 6.07 Å². The Hall–Kier alpha value is -2.33. The largest absolute Gasteiger partial charge is 0.493 e. The van der Waals surface area contributed by atoms with Crippen molar-refractivity contribution in [3.05, 3.63) is 58.7 Å². The zero-order valence-electron chi connectivity index (χ0n) is 15.5. The van der Waals surface area contributed by atoms with Crippen molar-refractivity contribution in [2.75, 3.05) is 14.2 Å². The Bertz CT molecular complexity index is 841. The molecule has 1 heterocycles. The van der Waals surface area contributed by atoms with E-state index in [-0.39, 0.29) is 18.1 Å². The third-order valence-corrected chi connectivity index (χ3v) is 5.62. The molecular weight excluding hydrogens is 326 g/mol. The van der Waals surface area contributed by atoms with Crippen molar-refractivity contribution in [2.45, 2.75) is 44.2 Å². The van der Waals surface area contributed by atoms with Crippen molar-refractivity contribution in [2.24, 2.45) is 4.99 Å². The molecule has 3 unspecified atom stereocenters. The molecule has 1 N–H and O–H groups in total. The standard InChI is InChI=1S/C22H25NO3/c1-13-4-6-14(7-5-13)22-18-12-21(26-3)20(25-2)11-16(18)17-10-15(24)8-9-19(17)23-22/h4-7,11-12,15,17,19,24H,8-10H2,1-3H3. The van der Waals surface area contributed by atoms with Gasteiger partial charge in [-0.2, -0.15) is 0 Å². The van der Waals surface area contributed by atoms with E-state index in [0.717, 1.165) is 41.9 Å². The average molecular weight is 351 g/mol.